The lowest BCUT2D eigenvalue weighted by molar-refractivity contribution is -0.132. The number of amides is 2. The van der Waals surface area contributed by atoms with Gasteiger partial charge in [0, 0.05) is 57.6 Å². The summed E-state index contributed by atoms with van der Waals surface area (Å²) in [6.07, 6.45) is 2.92. The van der Waals surface area contributed by atoms with Crippen LogP contribution in [0.5, 0.6) is 0 Å². The highest BCUT2D eigenvalue weighted by Gasteiger charge is 2.25. The van der Waals surface area contributed by atoms with Crippen molar-refractivity contribution in [1.29, 1.82) is 0 Å². The van der Waals surface area contributed by atoms with Gasteiger partial charge in [-0.15, -0.1) is 12.4 Å². The van der Waals surface area contributed by atoms with E-state index < -0.39 is 0 Å². The van der Waals surface area contributed by atoms with Gasteiger partial charge in [0.25, 0.3) is 0 Å². The van der Waals surface area contributed by atoms with Crippen molar-refractivity contribution in [3.8, 4) is 0 Å². The third-order valence-electron chi connectivity index (χ3n) is 4.95. The van der Waals surface area contributed by atoms with Gasteiger partial charge in [0.2, 0.25) is 11.8 Å². The van der Waals surface area contributed by atoms with Crippen LogP contribution in [-0.2, 0) is 9.59 Å². The van der Waals surface area contributed by atoms with Crippen molar-refractivity contribution in [2.24, 2.45) is 11.3 Å². The average molecular weight is 375 g/mol. The number of carbonyl (C=O) groups is 2. The maximum atomic E-state index is 12.3. The van der Waals surface area contributed by atoms with Crippen molar-refractivity contribution in [1.82, 2.24) is 20.4 Å². The van der Waals surface area contributed by atoms with Gasteiger partial charge < -0.3 is 20.4 Å². The second-order valence-corrected chi connectivity index (χ2v) is 8.15. The Hall–Kier alpha value is -0.850. The number of nitrogens with zero attached hydrogens (tertiary/aromatic N) is 2. The van der Waals surface area contributed by atoms with E-state index in [2.05, 4.69) is 15.5 Å². The lowest BCUT2D eigenvalue weighted by atomic mass is 9.94. The van der Waals surface area contributed by atoms with Crippen molar-refractivity contribution in [3.63, 3.8) is 0 Å². The van der Waals surface area contributed by atoms with Crippen LogP contribution in [-0.4, -0.2) is 74.0 Å². The second kappa shape index (κ2) is 10.3. The molecule has 146 valence electrons. The van der Waals surface area contributed by atoms with Crippen molar-refractivity contribution < 1.29 is 9.59 Å². The first-order valence-electron chi connectivity index (χ1n) is 9.35. The molecule has 2 aliphatic heterocycles. The summed E-state index contributed by atoms with van der Waals surface area (Å²) >= 11 is 0. The molecule has 2 N–H and O–H groups in total. The SMILES string of the molecule is CC(C)(C)C(=O)NCC1CCCN(CCC(=O)N2CCNCC2)C1.Cl. The van der Waals surface area contributed by atoms with E-state index in [4.69, 9.17) is 0 Å². The predicted octanol–water partition coefficient (Wildman–Crippen LogP) is 1.10. The molecule has 7 heteroatoms. The highest BCUT2D eigenvalue weighted by Crippen LogP contribution is 2.18. The lowest BCUT2D eigenvalue weighted by Crippen LogP contribution is -2.48. The van der Waals surface area contributed by atoms with Gasteiger partial charge in [0.15, 0.2) is 0 Å². The summed E-state index contributed by atoms with van der Waals surface area (Å²) < 4.78 is 0. The molecule has 1 atom stereocenters. The summed E-state index contributed by atoms with van der Waals surface area (Å²) in [6, 6.07) is 0. The molecule has 0 aliphatic carbocycles. The smallest absolute Gasteiger partial charge is 0.225 e. The van der Waals surface area contributed by atoms with Crippen molar-refractivity contribution in [2.75, 3.05) is 52.4 Å². The van der Waals surface area contributed by atoms with Gasteiger partial charge in [0.1, 0.15) is 0 Å². The molecule has 2 heterocycles. The van der Waals surface area contributed by atoms with Crippen molar-refractivity contribution in [2.45, 2.75) is 40.0 Å². The highest BCUT2D eigenvalue weighted by molar-refractivity contribution is 5.85. The largest absolute Gasteiger partial charge is 0.355 e. The number of hydrogen-bond acceptors (Lipinski definition) is 4. The fourth-order valence-corrected chi connectivity index (χ4v) is 3.35. The van der Waals surface area contributed by atoms with Gasteiger partial charge in [0.05, 0.1) is 0 Å². The van der Waals surface area contributed by atoms with E-state index in [1.165, 1.54) is 0 Å². The molecule has 0 aromatic heterocycles. The van der Waals surface area contributed by atoms with Gasteiger partial charge in [-0.05, 0) is 25.3 Å². The molecule has 0 bridgehead atoms. The molecule has 2 rings (SSSR count). The fraction of sp³-hybridized carbons (Fsp3) is 0.889. The molecular formula is C18H35ClN4O2. The Kier molecular flexibility index (Phi) is 9.17. The maximum Gasteiger partial charge on any atom is 0.225 e. The number of piperidine rings is 1. The summed E-state index contributed by atoms with van der Waals surface area (Å²) in [5.74, 6) is 0.896. The molecule has 6 nitrogen and oxygen atoms in total. The van der Waals surface area contributed by atoms with Gasteiger partial charge in [-0.2, -0.15) is 0 Å². The summed E-state index contributed by atoms with van der Waals surface area (Å²) in [6.45, 7) is 12.9. The van der Waals surface area contributed by atoms with E-state index in [0.29, 0.717) is 12.3 Å². The van der Waals surface area contributed by atoms with Crippen molar-refractivity contribution >= 4 is 24.2 Å². The minimum absolute atomic E-state index is 0. The summed E-state index contributed by atoms with van der Waals surface area (Å²) in [4.78, 5) is 28.6. The Morgan fingerprint density at radius 1 is 1.16 bits per heavy atom. The zero-order valence-corrected chi connectivity index (χ0v) is 16.8. The van der Waals surface area contributed by atoms with Crippen LogP contribution in [0.25, 0.3) is 0 Å². The number of halogens is 1. The van der Waals surface area contributed by atoms with Crippen LogP contribution in [0.3, 0.4) is 0 Å². The minimum Gasteiger partial charge on any atom is -0.355 e. The van der Waals surface area contributed by atoms with Crippen LogP contribution >= 0.6 is 12.4 Å². The molecule has 25 heavy (non-hydrogen) atoms. The van der Waals surface area contributed by atoms with Crippen molar-refractivity contribution in [3.05, 3.63) is 0 Å². The first-order chi connectivity index (χ1) is 11.4. The van der Waals surface area contributed by atoms with Gasteiger partial charge in [-0.25, -0.2) is 0 Å². The molecule has 1 unspecified atom stereocenters. The molecule has 2 amide bonds. The number of nitrogens with one attached hydrogen (secondary N) is 2. The predicted molar refractivity (Wildman–Crippen MR) is 103 cm³/mol. The molecule has 0 saturated carbocycles. The third-order valence-corrected chi connectivity index (χ3v) is 4.95. The quantitative estimate of drug-likeness (QED) is 0.756. The number of rotatable bonds is 5. The summed E-state index contributed by atoms with van der Waals surface area (Å²) in [5, 5.41) is 6.36. The number of hydrogen-bond donors (Lipinski definition) is 2. The van der Waals surface area contributed by atoms with E-state index in [1.54, 1.807) is 0 Å². The second-order valence-electron chi connectivity index (χ2n) is 8.15. The molecule has 0 radical (unpaired) electrons. The molecule has 0 aromatic rings. The van der Waals surface area contributed by atoms with E-state index in [0.717, 1.165) is 65.2 Å². The van der Waals surface area contributed by atoms with Crippen LogP contribution in [0, 0.1) is 11.3 Å². The number of carbonyl (C=O) groups excluding carboxylic acids is 2. The summed E-state index contributed by atoms with van der Waals surface area (Å²) in [5.41, 5.74) is -0.329. The van der Waals surface area contributed by atoms with Gasteiger partial charge >= 0.3 is 0 Å². The Bertz CT molecular complexity index is 433. The molecule has 2 fully saturated rings. The standard InChI is InChI=1S/C18H34N4O2.ClH/c1-18(2,3)17(24)20-13-15-5-4-9-21(14-15)10-6-16(23)22-11-7-19-8-12-22;/h15,19H,4-14H2,1-3H3,(H,20,24);1H. The van der Waals surface area contributed by atoms with E-state index in [1.807, 2.05) is 25.7 Å². The Balaban J connectivity index is 0.00000312. The number of likely N-dealkylation sites (tertiary alicyclic amines) is 1. The van der Waals surface area contributed by atoms with Crippen LogP contribution in [0.15, 0.2) is 0 Å². The van der Waals surface area contributed by atoms with Gasteiger partial charge in [-0.1, -0.05) is 20.8 Å². The van der Waals surface area contributed by atoms with Crippen LogP contribution in [0.2, 0.25) is 0 Å². The lowest BCUT2D eigenvalue weighted by Gasteiger charge is -2.34. The van der Waals surface area contributed by atoms with E-state index in [9.17, 15) is 9.59 Å². The zero-order chi connectivity index (χ0) is 17.6. The van der Waals surface area contributed by atoms with E-state index in [-0.39, 0.29) is 29.6 Å². The fourth-order valence-electron chi connectivity index (χ4n) is 3.35. The Morgan fingerprint density at radius 2 is 1.84 bits per heavy atom. The topological polar surface area (TPSA) is 64.7 Å². The normalized spacial score (nSPS) is 22.2. The molecule has 2 saturated heterocycles. The Morgan fingerprint density at radius 3 is 2.48 bits per heavy atom. The maximum absolute atomic E-state index is 12.3. The van der Waals surface area contributed by atoms with Crippen LogP contribution < -0.4 is 10.6 Å². The molecular weight excluding hydrogens is 340 g/mol. The summed E-state index contributed by atoms with van der Waals surface area (Å²) in [7, 11) is 0. The van der Waals surface area contributed by atoms with Gasteiger partial charge in [-0.3, -0.25) is 9.59 Å². The molecule has 2 aliphatic rings. The first-order valence-corrected chi connectivity index (χ1v) is 9.35. The molecule has 0 aromatic carbocycles. The minimum atomic E-state index is -0.329. The van der Waals surface area contributed by atoms with Crippen LogP contribution in [0.1, 0.15) is 40.0 Å². The highest BCUT2D eigenvalue weighted by atomic mass is 35.5. The zero-order valence-electron chi connectivity index (χ0n) is 16.0. The number of piperazine rings is 1. The Labute approximate surface area is 158 Å². The molecule has 0 spiro atoms. The van der Waals surface area contributed by atoms with E-state index >= 15 is 0 Å². The average Bonchev–Trinajstić information content (AvgIpc) is 2.58. The monoisotopic (exact) mass is 374 g/mol. The van der Waals surface area contributed by atoms with Crippen LogP contribution in [0.4, 0.5) is 0 Å². The third kappa shape index (κ3) is 7.50. The first kappa shape index (κ1) is 22.2.